The van der Waals surface area contributed by atoms with Gasteiger partial charge in [0.2, 0.25) is 0 Å². The molecule has 2 heteroatoms. The van der Waals surface area contributed by atoms with E-state index >= 15 is 0 Å². The van der Waals surface area contributed by atoms with Crippen molar-refractivity contribution in [1.29, 1.82) is 0 Å². The molecule has 1 aliphatic carbocycles. The zero-order chi connectivity index (χ0) is 9.26. The van der Waals surface area contributed by atoms with Crippen LogP contribution in [0.5, 0.6) is 0 Å². The second kappa shape index (κ2) is 3.97. The second-order valence-corrected chi connectivity index (χ2v) is 4.75. The Morgan fingerprint density at radius 2 is 2.00 bits per heavy atom. The van der Waals surface area contributed by atoms with Crippen molar-refractivity contribution >= 4 is 0 Å². The Labute approximate surface area is 81.5 Å². The molecule has 1 saturated carbocycles. The summed E-state index contributed by atoms with van der Waals surface area (Å²) in [6, 6.07) is 1.57. The topological polar surface area (TPSA) is 29.3 Å². The lowest BCUT2D eigenvalue weighted by molar-refractivity contribution is 0.0275. The predicted octanol–water partition coefficient (Wildman–Crippen LogP) is 1.60. The minimum absolute atomic E-state index is 0.680. The van der Waals surface area contributed by atoms with Crippen LogP contribution in [0.1, 0.15) is 39.0 Å². The van der Waals surface area contributed by atoms with Crippen LogP contribution in [0.2, 0.25) is 0 Å². The summed E-state index contributed by atoms with van der Waals surface area (Å²) >= 11 is 0. The lowest BCUT2D eigenvalue weighted by Crippen LogP contribution is -2.54. The van der Waals surface area contributed by atoms with Gasteiger partial charge in [-0.3, -0.25) is 4.90 Å². The van der Waals surface area contributed by atoms with Crippen molar-refractivity contribution < 1.29 is 0 Å². The summed E-state index contributed by atoms with van der Waals surface area (Å²) in [6.07, 6.45) is 7.04. The molecule has 1 saturated heterocycles. The Hall–Kier alpha value is -0.0800. The molecule has 1 heterocycles. The minimum atomic E-state index is 0.680. The van der Waals surface area contributed by atoms with Crippen molar-refractivity contribution in [2.24, 2.45) is 11.7 Å². The van der Waals surface area contributed by atoms with E-state index in [0.29, 0.717) is 6.04 Å². The fourth-order valence-electron chi connectivity index (χ4n) is 2.82. The van der Waals surface area contributed by atoms with E-state index in [9.17, 15) is 0 Å². The Kier molecular flexibility index (Phi) is 2.89. The van der Waals surface area contributed by atoms with Crippen LogP contribution in [0.15, 0.2) is 0 Å². The zero-order valence-corrected chi connectivity index (χ0v) is 8.71. The summed E-state index contributed by atoms with van der Waals surface area (Å²) < 4.78 is 0. The molecule has 0 bridgehead atoms. The number of piperidine rings is 1. The van der Waals surface area contributed by atoms with E-state index in [1.807, 2.05) is 0 Å². The van der Waals surface area contributed by atoms with Crippen molar-refractivity contribution in [3.8, 4) is 0 Å². The van der Waals surface area contributed by atoms with Gasteiger partial charge in [0, 0.05) is 18.6 Å². The van der Waals surface area contributed by atoms with Gasteiger partial charge in [0.1, 0.15) is 0 Å². The maximum absolute atomic E-state index is 5.86. The first-order chi connectivity index (χ1) is 6.33. The highest BCUT2D eigenvalue weighted by atomic mass is 15.2. The third-order valence-electron chi connectivity index (χ3n) is 3.94. The van der Waals surface area contributed by atoms with Gasteiger partial charge >= 0.3 is 0 Å². The Bertz CT molecular complexity index is 165. The smallest absolute Gasteiger partial charge is 0.0246 e. The monoisotopic (exact) mass is 182 g/mol. The van der Waals surface area contributed by atoms with Gasteiger partial charge in [0.05, 0.1) is 0 Å². The summed E-state index contributed by atoms with van der Waals surface area (Å²) in [6.45, 7) is 4.52. The van der Waals surface area contributed by atoms with Crippen molar-refractivity contribution in [3.05, 3.63) is 0 Å². The van der Waals surface area contributed by atoms with Crippen LogP contribution in [0, 0.1) is 5.92 Å². The van der Waals surface area contributed by atoms with Crippen LogP contribution in [0.3, 0.4) is 0 Å². The molecule has 0 spiro atoms. The standard InChI is InChI=1S/C11H22N2/c1-9-4-3-7-13(11(9)8-12)10-5-2-6-10/h9-11H,2-8,12H2,1H3. The van der Waals surface area contributed by atoms with E-state index < -0.39 is 0 Å². The quantitative estimate of drug-likeness (QED) is 0.703. The molecule has 0 amide bonds. The SMILES string of the molecule is CC1CCCN(C2CCC2)C1CN. The third kappa shape index (κ3) is 1.75. The van der Waals surface area contributed by atoms with Gasteiger partial charge in [-0.25, -0.2) is 0 Å². The average molecular weight is 182 g/mol. The molecule has 2 unspecified atom stereocenters. The van der Waals surface area contributed by atoms with E-state index in [1.165, 1.54) is 38.6 Å². The first kappa shape index (κ1) is 9.47. The summed E-state index contributed by atoms with van der Waals surface area (Å²) in [7, 11) is 0. The molecule has 76 valence electrons. The minimum Gasteiger partial charge on any atom is -0.329 e. The molecule has 2 rings (SSSR count). The number of likely N-dealkylation sites (tertiary alicyclic amines) is 1. The van der Waals surface area contributed by atoms with Crippen molar-refractivity contribution in [2.75, 3.05) is 13.1 Å². The molecule has 2 atom stereocenters. The Morgan fingerprint density at radius 1 is 1.23 bits per heavy atom. The molecule has 0 aromatic rings. The molecular weight excluding hydrogens is 160 g/mol. The van der Waals surface area contributed by atoms with Crippen molar-refractivity contribution in [1.82, 2.24) is 4.90 Å². The first-order valence-corrected chi connectivity index (χ1v) is 5.78. The van der Waals surface area contributed by atoms with Crippen molar-refractivity contribution in [3.63, 3.8) is 0 Å². The predicted molar refractivity (Wildman–Crippen MR) is 55.6 cm³/mol. The Morgan fingerprint density at radius 3 is 2.54 bits per heavy atom. The van der Waals surface area contributed by atoms with Gasteiger partial charge in [0.15, 0.2) is 0 Å². The van der Waals surface area contributed by atoms with Crippen LogP contribution in [0.25, 0.3) is 0 Å². The largest absolute Gasteiger partial charge is 0.329 e. The average Bonchev–Trinajstić information content (AvgIpc) is 2.01. The number of nitrogens with zero attached hydrogens (tertiary/aromatic N) is 1. The normalized spacial score (nSPS) is 37.4. The highest BCUT2D eigenvalue weighted by Gasteiger charge is 2.34. The maximum Gasteiger partial charge on any atom is 0.0246 e. The number of hydrogen-bond acceptors (Lipinski definition) is 2. The highest BCUT2D eigenvalue weighted by molar-refractivity contribution is 4.90. The molecule has 13 heavy (non-hydrogen) atoms. The molecule has 2 nitrogen and oxygen atoms in total. The van der Waals surface area contributed by atoms with Gasteiger partial charge in [-0.2, -0.15) is 0 Å². The van der Waals surface area contributed by atoms with Crippen LogP contribution in [0.4, 0.5) is 0 Å². The molecule has 2 aliphatic rings. The van der Waals surface area contributed by atoms with Gasteiger partial charge in [0.25, 0.3) is 0 Å². The molecule has 0 aromatic carbocycles. The van der Waals surface area contributed by atoms with E-state index in [0.717, 1.165) is 18.5 Å². The molecule has 2 fully saturated rings. The number of rotatable bonds is 2. The van der Waals surface area contributed by atoms with Crippen LogP contribution >= 0.6 is 0 Å². The maximum atomic E-state index is 5.86. The Balaban J connectivity index is 1.97. The molecule has 2 N–H and O–H groups in total. The van der Waals surface area contributed by atoms with Gasteiger partial charge in [-0.05, 0) is 38.1 Å². The van der Waals surface area contributed by atoms with E-state index in [1.54, 1.807) is 0 Å². The van der Waals surface area contributed by atoms with E-state index in [4.69, 9.17) is 5.73 Å². The van der Waals surface area contributed by atoms with Gasteiger partial charge < -0.3 is 5.73 Å². The number of nitrogens with two attached hydrogens (primary N) is 1. The third-order valence-corrected chi connectivity index (χ3v) is 3.94. The molecule has 0 radical (unpaired) electrons. The number of hydrogen-bond donors (Lipinski definition) is 1. The highest BCUT2D eigenvalue weighted by Crippen LogP contribution is 2.32. The lowest BCUT2D eigenvalue weighted by atomic mass is 9.84. The first-order valence-electron chi connectivity index (χ1n) is 5.78. The van der Waals surface area contributed by atoms with Crippen LogP contribution in [-0.2, 0) is 0 Å². The van der Waals surface area contributed by atoms with Gasteiger partial charge in [-0.15, -0.1) is 0 Å². The second-order valence-electron chi connectivity index (χ2n) is 4.75. The summed E-state index contributed by atoms with van der Waals surface area (Å²) in [5, 5.41) is 0. The summed E-state index contributed by atoms with van der Waals surface area (Å²) in [5.41, 5.74) is 5.86. The van der Waals surface area contributed by atoms with Crippen molar-refractivity contribution in [2.45, 2.75) is 51.1 Å². The summed E-state index contributed by atoms with van der Waals surface area (Å²) in [5.74, 6) is 0.819. The fraction of sp³-hybridized carbons (Fsp3) is 1.00. The summed E-state index contributed by atoms with van der Waals surface area (Å²) in [4.78, 5) is 2.69. The molecule has 1 aliphatic heterocycles. The molecular formula is C11H22N2. The van der Waals surface area contributed by atoms with E-state index in [2.05, 4.69) is 11.8 Å². The fourth-order valence-corrected chi connectivity index (χ4v) is 2.82. The lowest BCUT2D eigenvalue weighted by Gasteiger charge is -2.47. The van der Waals surface area contributed by atoms with E-state index in [-0.39, 0.29) is 0 Å². The van der Waals surface area contributed by atoms with Gasteiger partial charge in [-0.1, -0.05) is 13.3 Å². The zero-order valence-electron chi connectivity index (χ0n) is 8.71. The van der Waals surface area contributed by atoms with Crippen LogP contribution < -0.4 is 5.73 Å². The van der Waals surface area contributed by atoms with Crippen LogP contribution in [-0.4, -0.2) is 30.1 Å². The molecule has 0 aromatic heterocycles.